The van der Waals surface area contributed by atoms with Crippen LogP contribution in [0.4, 0.5) is 0 Å². The molecule has 5 heteroatoms. The van der Waals surface area contributed by atoms with E-state index in [1.165, 1.54) is 0 Å². The Hall–Kier alpha value is -2.33. The minimum atomic E-state index is 0.451. The molecule has 0 fully saturated rings. The Labute approximate surface area is 121 Å². The fourth-order valence-corrected chi connectivity index (χ4v) is 2.06. The van der Waals surface area contributed by atoms with Crippen LogP contribution in [-0.4, -0.2) is 14.8 Å². The number of nitrogens with zero attached hydrogens (tertiary/aromatic N) is 3. The van der Waals surface area contributed by atoms with Crippen LogP contribution in [-0.2, 0) is 6.61 Å². The lowest BCUT2D eigenvalue weighted by Crippen LogP contribution is -1.97. The first kappa shape index (κ1) is 12.7. The molecule has 0 aliphatic rings. The maximum absolute atomic E-state index is 6.28. The van der Waals surface area contributed by atoms with Crippen LogP contribution in [0.3, 0.4) is 0 Å². The first-order valence-corrected chi connectivity index (χ1v) is 6.53. The van der Waals surface area contributed by atoms with E-state index in [0.29, 0.717) is 17.5 Å². The quantitative estimate of drug-likeness (QED) is 0.736. The molecule has 0 spiro atoms. The summed E-state index contributed by atoms with van der Waals surface area (Å²) in [4.78, 5) is 3.97. The number of pyridine rings is 1. The van der Waals surface area contributed by atoms with Crippen LogP contribution < -0.4 is 4.74 Å². The minimum absolute atomic E-state index is 0.451. The molecule has 2 aromatic heterocycles. The van der Waals surface area contributed by atoms with Crippen LogP contribution >= 0.6 is 11.6 Å². The van der Waals surface area contributed by atoms with Crippen LogP contribution in [0, 0.1) is 0 Å². The molecule has 0 N–H and O–H groups in total. The van der Waals surface area contributed by atoms with E-state index in [0.717, 1.165) is 11.3 Å². The predicted molar refractivity (Wildman–Crippen MR) is 77.1 cm³/mol. The van der Waals surface area contributed by atoms with Crippen molar-refractivity contribution in [3.05, 3.63) is 71.8 Å². The maximum atomic E-state index is 6.28. The number of halogens is 1. The molecule has 3 rings (SSSR count). The van der Waals surface area contributed by atoms with Gasteiger partial charge in [0.05, 0.1) is 11.9 Å². The summed E-state index contributed by atoms with van der Waals surface area (Å²) in [6.45, 7) is 0.461. The van der Waals surface area contributed by atoms with Crippen LogP contribution in [0.25, 0.3) is 5.69 Å². The van der Waals surface area contributed by atoms with Gasteiger partial charge in [-0.2, -0.15) is 5.10 Å². The number of ether oxygens (including phenoxy) is 1. The van der Waals surface area contributed by atoms with Crippen molar-refractivity contribution in [3.8, 4) is 11.4 Å². The summed E-state index contributed by atoms with van der Waals surface area (Å²) in [5.74, 6) is 0.562. The normalized spacial score (nSPS) is 10.4. The van der Waals surface area contributed by atoms with Crippen molar-refractivity contribution in [2.24, 2.45) is 0 Å². The minimum Gasteiger partial charge on any atom is -0.484 e. The Morgan fingerprint density at radius 1 is 1.05 bits per heavy atom. The third-order valence-corrected chi connectivity index (χ3v) is 3.17. The molecule has 20 heavy (non-hydrogen) atoms. The molecule has 0 radical (unpaired) electrons. The third-order valence-electron chi connectivity index (χ3n) is 2.82. The average molecular weight is 286 g/mol. The Balaban J connectivity index is 1.78. The first-order valence-electron chi connectivity index (χ1n) is 6.15. The Bertz CT molecular complexity index is 683. The van der Waals surface area contributed by atoms with Crippen molar-refractivity contribution < 1.29 is 4.74 Å². The lowest BCUT2D eigenvalue weighted by Gasteiger charge is -2.05. The van der Waals surface area contributed by atoms with Crippen molar-refractivity contribution in [3.63, 3.8) is 0 Å². The zero-order valence-corrected chi connectivity index (χ0v) is 11.4. The lowest BCUT2D eigenvalue weighted by atomic mass is 10.2. The van der Waals surface area contributed by atoms with Gasteiger partial charge in [0.15, 0.2) is 10.9 Å². The summed E-state index contributed by atoms with van der Waals surface area (Å²) in [5, 5.41) is 4.68. The molecule has 2 heterocycles. The second kappa shape index (κ2) is 5.75. The van der Waals surface area contributed by atoms with Crippen LogP contribution in [0.5, 0.6) is 5.75 Å². The molecule has 0 atom stereocenters. The van der Waals surface area contributed by atoms with Gasteiger partial charge in [-0.1, -0.05) is 41.9 Å². The van der Waals surface area contributed by atoms with Crippen molar-refractivity contribution in [2.45, 2.75) is 6.61 Å². The number of aromatic nitrogens is 3. The maximum Gasteiger partial charge on any atom is 0.177 e. The van der Waals surface area contributed by atoms with Crippen molar-refractivity contribution in [1.82, 2.24) is 14.8 Å². The third kappa shape index (κ3) is 2.65. The van der Waals surface area contributed by atoms with Crippen molar-refractivity contribution in [2.75, 3.05) is 0 Å². The van der Waals surface area contributed by atoms with Gasteiger partial charge in [-0.3, -0.25) is 4.98 Å². The molecular formula is C15H12ClN3O. The molecule has 0 saturated carbocycles. The van der Waals surface area contributed by atoms with Gasteiger partial charge >= 0.3 is 0 Å². The van der Waals surface area contributed by atoms with E-state index < -0.39 is 0 Å². The van der Waals surface area contributed by atoms with Gasteiger partial charge in [0.1, 0.15) is 6.61 Å². The summed E-state index contributed by atoms with van der Waals surface area (Å²) in [5.41, 5.74) is 1.93. The van der Waals surface area contributed by atoms with E-state index in [2.05, 4.69) is 10.1 Å². The molecule has 0 unspecified atom stereocenters. The van der Waals surface area contributed by atoms with E-state index >= 15 is 0 Å². The average Bonchev–Trinajstić information content (AvgIpc) is 2.88. The largest absolute Gasteiger partial charge is 0.484 e. The molecule has 4 nitrogen and oxygen atoms in total. The van der Waals surface area contributed by atoms with E-state index in [1.54, 1.807) is 23.3 Å². The van der Waals surface area contributed by atoms with Crippen molar-refractivity contribution in [1.29, 1.82) is 0 Å². The molecule has 1 aromatic carbocycles. The van der Waals surface area contributed by atoms with Crippen LogP contribution in [0.2, 0.25) is 5.15 Å². The van der Waals surface area contributed by atoms with Gasteiger partial charge in [0, 0.05) is 12.4 Å². The molecule has 0 saturated heterocycles. The molecule has 0 aliphatic carbocycles. The monoisotopic (exact) mass is 285 g/mol. The van der Waals surface area contributed by atoms with E-state index in [9.17, 15) is 0 Å². The highest BCUT2D eigenvalue weighted by Crippen LogP contribution is 2.27. The molecule has 100 valence electrons. The Morgan fingerprint density at radius 3 is 2.55 bits per heavy atom. The molecule has 0 bridgehead atoms. The first-order chi connectivity index (χ1) is 9.84. The van der Waals surface area contributed by atoms with Gasteiger partial charge in [0.2, 0.25) is 0 Å². The Kier molecular flexibility index (Phi) is 3.65. The second-order valence-corrected chi connectivity index (χ2v) is 4.55. The highest BCUT2D eigenvalue weighted by Gasteiger charge is 2.11. The topological polar surface area (TPSA) is 39.9 Å². The van der Waals surface area contributed by atoms with Crippen LogP contribution in [0.1, 0.15) is 5.56 Å². The Morgan fingerprint density at radius 2 is 1.80 bits per heavy atom. The van der Waals surface area contributed by atoms with Crippen LogP contribution in [0.15, 0.2) is 61.1 Å². The second-order valence-electron chi connectivity index (χ2n) is 4.19. The number of hydrogen-bond donors (Lipinski definition) is 0. The SMILES string of the molecule is Clc1c(OCc2ccccc2)cnn1-c1ccncc1. The van der Waals surface area contributed by atoms with Gasteiger partial charge in [-0.15, -0.1) is 0 Å². The van der Waals surface area contributed by atoms with Gasteiger partial charge < -0.3 is 4.74 Å². The number of rotatable bonds is 4. The molecule has 3 aromatic rings. The van der Waals surface area contributed by atoms with Gasteiger partial charge in [-0.25, -0.2) is 4.68 Å². The van der Waals surface area contributed by atoms with E-state index in [4.69, 9.17) is 16.3 Å². The zero-order chi connectivity index (χ0) is 13.8. The molecular weight excluding hydrogens is 274 g/mol. The smallest absolute Gasteiger partial charge is 0.177 e. The van der Waals surface area contributed by atoms with Crippen molar-refractivity contribution >= 4 is 11.6 Å². The van der Waals surface area contributed by atoms with E-state index in [-0.39, 0.29) is 0 Å². The fraction of sp³-hybridized carbons (Fsp3) is 0.0667. The predicted octanol–water partition coefficient (Wildman–Crippen LogP) is 3.50. The summed E-state index contributed by atoms with van der Waals surface area (Å²) >= 11 is 6.28. The highest BCUT2D eigenvalue weighted by atomic mass is 35.5. The molecule has 0 aliphatic heterocycles. The van der Waals surface area contributed by atoms with E-state index in [1.807, 2.05) is 42.5 Å². The summed E-state index contributed by atoms with van der Waals surface area (Å²) in [6, 6.07) is 13.6. The number of hydrogen-bond acceptors (Lipinski definition) is 3. The number of benzene rings is 1. The highest BCUT2D eigenvalue weighted by molar-refractivity contribution is 6.31. The summed E-state index contributed by atoms with van der Waals surface area (Å²) < 4.78 is 7.31. The summed E-state index contributed by atoms with van der Waals surface area (Å²) in [6.07, 6.45) is 5.00. The standard InChI is InChI=1S/C15H12ClN3O/c16-15-14(20-11-12-4-2-1-3-5-12)10-18-19(15)13-6-8-17-9-7-13/h1-10H,11H2. The van der Waals surface area contributed by atoms with Gasteiger partial charge in [0.25, 0.3) is 0 Å². The van der Waals surface area contributed by atoms with Gasteiger partial charge in [-0.05, 0) is 17.7 Å². The zero-order valence-electron chi connectivity index (χ0n) is 10.6. The summed E-state index contributed by atoms with van der Waals surface area (Å²) in [7, 11) is 0. The molecule has 0 amide bonds. The fourth-order valence-electron chi connectivity index (χ4n) is 1.82. The lowest BCUT2D eigenvalue weighted by molar-refractivity contribution is 0.306.